The van der Waals surface area contributed by atoms with Crippen molar-refractivity contribution in [1.82, 2.24) is 0 Å². The maximum atomic E-state index is 11.1. The first-order chi connectivity index (χ1) is 8.66. The van der Waals surface area contributed by atoms with Crippen LogP contribution in [0.25, 0.3) is 0 Å². The normalized spacial score (nSPS) is 34.8. The average Bonchev–Trinajstić information content (AvgIpc) is 2.81. The molecule has 2 saturated carbocycles. The summed E-state index contributed by atoms with van der Waals surface area (Å²) in [5.74, 6) is 1.02. The van der Waals surface area contributed by atoms with Gasteiger partial charge in [0.05, 0.1) is 25.7 Å². The molecule has 0 aromatic carbocycles. The molecule has 2 fully saturated rings. The highest BCUT2D eigenvalue weighted by Crippen LogP contribution is 2.52. The molecular formula is C11H20O6S2. The van der Waals surface area contributed by atoms with Crippen molar-refractivity contribution in [1.29, 1.82) is 0 Å². The van der Waals surface area contributed by atoms with Gasteiger partial charge in [-0.3, -0.25) is 8.37 Å². The van der Waals surface area contributed by atoms with E-state index in [1.54, 1.807) is 0 Å². The Balaban J connectivity index is 1.99. The molecule has 2 bridgehead atoms. The Kier molecular flexibility index (Phi) is 4.25. The summed E-state index contributed by atoms with van der Waals surface area (Å²) in [6.45, 7) is 0.273. The van der Waals surface area contributed by atoms with Gasteiger partial charge < -0.3 is 0 Å². The van der Waals surface area contributed by atoms with Gasteiger partial charge in [0.15, 0.2) is 0 Å². The van der Waals surface area contributed by atoms with Crippen LogP contribution >= 0.6 is 0 Å². The summed E-state index contributed by atoms with van der Waals surface area (Å²) < 4.78 is 54.1. The van der Waals surface area contributed by atoms with Crippen molar-refractivity contribution in [2.24, 2.45) is 23.7 Å². The predicted molar refractivity (Wildman–Crippen MR) is 69.4 cm³/mol. The van der Waals surface area contributed by atoms with E-state index in [0.717, 1.165) is 31.8 Å². The zero-order valence-corrected chi connectivity index (χ0v) is 12.7. The number of fused-ring (bicyclic) bond motifs is 2. The summed E-state index contributed by atoms with van der Waals surface area (Å²) in [7, 11) is -6.91. The fourth-order valence-electron chi connectivity index (χ4n) is 3.45. The van der Waals surface area contributed by atoms with Crippen LogP contribution in [0.5, 0.6) is 0 Å². The van der Waals surface area contributed by atoms with E-state index < -0.39 is 20.2 Å². The summed E-state index contributed by atoms with van der Waals surface area (Å²) in [6, 6.07) is 0. The molecule has 0 aromatic heterocycles. The number of hydrogen-bond acceptors (Lipinski definition) is 6. The zero-order valence-electron chi connectivity index (χ0n) is 11.1. The molecule has 2 aliphatic carbocycles. The first kappa shape index (κ1) is 15.2. The third kappa shape index (κ3) is 4.14. The third-order valence-corrected chi connectivity index (χ3v) is 5.35. The fourth-order valence-corrected chi connectivity index (χ4v) is 4.26. The molecule has 0 aromatic rings. The molecule has 19 heavy (non-hydrogen) atoms. The van der Waals surface area contributed by atoms with Gasteiger partial charge in [-0.2, -0.15) is 16.8 Å². The molecule has 2 aliphatic rings. The van der Waals surface area contributed by atoms with Crippen LogP contribution in [-0.2, 0) is 28.6 Å². The Labute approximate surface area is 114 Å². The number of rotatable bonds is 6. The van der Waals surface area contributed by atoms with Crippen molar-refractivity contribution < 1.29 is 25.2 Å². The summed E-state index contributed by atoms with van der Waals surface area (Å²) in [4.78, 5) is 0. The van der Waals surface area contributed by atoms with Gasteiger partial charge in [-0.1, -0.05) is 0 Å². The van der Waals surface area contributed by atoms with E-state index in [9.17, 15) is 16.8 Å². The van der Waals surface area contributed by atoms with Gasteiger partial charge in [0.25, 0.3) is 20.2 Å². The lowest BCUT2D eigenvalue weighted by Crippen LogP contribution is -2.31. The molecule has 8 heteroatoms. The van der Waals surface area contributed by atoms with E-state index in [-0.39, 0.29) is 25.0 Å². The molecular weight excluding hydrogens is 292 g/mol. The van der Waals surface area contributed by atoms with Gasteiger partial charge in [0.2, 0.25) is 0 Å². The minimum absolute atomic E-state index is 0.0789. The number of hydrogen-bond donors (Lipinski definition) is 0. The molecule has 0 spiro atoms. The molecule has 2 unspecified atom stereocenters. The van der Waals surface area contributed by atoms with Crippen LogP contribution in [-0.4, -0.2) is 42.6 Å². The summed E-state index contributed by atoms with van der Waals surface area (Å²) >= 11 is 0. The van der Waals surface area contributed by atoms with Crippen LogP contribution in [0, 0.1) is 23.7 Å². The highest BCUT2D eigenvalue weighted by molar-refractivity contribution is 7.86. The largest absolute Gasteiger partial charge is 0.270 e. The molecule has 0 heterocycles. The second-order valence-corrected chi connectivity index (χ2v) is 8.93. The highest BCUT2D eigenvalue weighted by Gasteiger charge is 2.48. The van der Waals surface area contributed by atoms with Gasteiger partial charge in [-0.15, -0.1) is 0 Å². The SMILES string of the molecule is CS(=O)(=O)OC[C@@H]1C2CCC(C2)[C@@H]1COS(C)(=O)=O. The molecule has 2 rings (SSSR count). The Morgan fingerprint density at radius 2 is 1.21 bits per heavy atom. The Bertz CT molecular complexity index is 475. The Hall–Kier alpha value is -0.180. The predicted octanol–water partition coefficient (Wildman–Crippen LogP) is 0.601. The summed E-state index contributed by atoms with van der Waals surface area (Å²) in [5, 5.41) is 0. The molecule has 112 valence electrons. The van der Waals surface area contributed by atoms with Crippen molar-refractivity contribution in [3.63, 3.8) is 0 Å². The Morgan fingerprint density at radius 3 is 1.53 bits per heavy atom. The third-order valence-electron chi connectivity index (χ3n) is 4.22. The molecule has 0 radical (unpaired) electrons. The smallest absolute Gasteiger partial charge is 0.264 e. The maximum Gasteiger partial charge on any atom is 0.264 e. The zero-order chi connectivity index (χ0) is 14.3. The quantitative estimate of drug-likeness (QED) is 0.668. The van der Waals surface area contributed by atoms with Gasteiger partial charge >= 0.3 is 0 Å². The highest BCUT2D eigenvalue weighted by atomic mass is 32.2. The summed E-state index contributed by atoms with van der Waals surface area (Å²) in [6.07, 6.45) is 5.22. The van der Waals surface area contributed by atoms with Gasteiger partial charge in [0, 0.05) is 0 Å². The summed E-state index contributed by atoms with van der Waals surface area (Å²) in [5.41, 5.74) is 0. The standard InChI is InChI=1S/C11H20O6S2/c1-18(12,13)16-6-10-8-3-4-9(5-8)11(10)7-17-19(2,14)15/h8-11H,3-7H2,1-2H3/t8?,9?,10-,11+. The molecule has 6 nitrogen and oxygen atoms in total. The van der Waals surface area contributed by atoms with Crippen LogP contribution in [0.3, 0.4) is 0 Å². The van der Waals surface area contributed by atoms with Crippen molar-refractivity contribution >= 4 is 20.2 Å². The minimum Gasteiger partial charge on any atom is -0.270 e. The Morgan fingerprint density at radius 1 is 0.842 bits per heavy atom. The minimum atomic E-state index is -3.45. The topological polar surface area (TPSA) is 86.7 Å². The lowest BCUT2D eigenvalue weighted by molar-refractivity contribution is 0.102. The van der Waals surface area contributed by atoms with Crippen molar-refractivity contribution in [2.75, 3.05) is 25.7 Å². The van der Waals surface area contributed by atoms with Crippen molar-refractivity contribution in [3.05, 3.63) is 0 Å². The second-order valence-electron chi connectivity index (χ2n) is 5.64. The lowest BCUT2D eigenvalue weighted by Gasteiger charge is -2.29. The van der Waals surface area contributed by atoms with E-state index in [2.05, 4.69) is 0 Å². The maximum absolute atomic E-state index is 11.1. The molecule has 4 atom stereocenters. The van der Waals surface area contributed by atoms with E-state index >= 15 is 0 Å². The first-order valence-corrected chi connectivity index (χ1v) is 9.98. The molecule has 0 amide bonds. The first-order valence-electron chi connectivity index (χ1n) is 6.34. The van der Waals surface area contributed by atoms with E-state index in [0.29, 0.717) is 11.8 Å². The average molecular weight is 312 g/mol. The van der Waals surface area contributed by atoms with Crippen LogP contribution in [0.4, 0.5) is 0 Å². The van der Waals surface area contributed by atoms with E-state index in [1.165, 1.54) is 0 Å². The monoisotopic (exact) mass is 312 g/mol. The molecule has 0 N–H and O–H groups in total. The molecule has 0 aliphatic heterocycles. The van der Waals surface area contributed by atoms with Crippen molar-refractivity contribution in [2.45, 2.75) is 19.3 Å². The van der Waals surface area contributed by atoms with Gasteiger partial charge in [-0.05, 0) is 42.9 Å². The van der Waals surface area contributed by atoms with Gasteiger partial charge in [0.1, 0.15) is 0 Å². The van der Waals surface area contributed by atoms with Crippen LogP contribution in [0.2, 0.25) is 0 Å². The van der Waals surface area contributed by atoms with Crippen LogP contribution in [0.15, 0.2) is 0 Å². The van der Waals surface area contributed by atoms with Crippen molar-refractivity contribution in [3.8, 4) is 0 Å². The van der Waals surface area contributed by atoms with Gasteiger partial charge in [-0.25, -0.2) is 0 Å². The lowest BCUT2D eigenvalue weighted by atomic mass is 9.80. The molecule has 0 saturated heterocycles. The van der Waals surface area contributed by atoms with E-state index in [4.69, 9.17) is 8.37 Å². The van der Waals surface area contributed by atoms with Crippen LogP contribution in [0.1, 0.15) is 19.3 Å². The second kappa shape index (κ2) is 5.31. The van der Waals surface area contributed by atoms with Crippen LogP contribution < -0.4 is 0 Å². The van der Waals surface area contributed by atoms with E-state index in [1.807, 2.05) is 0 Å². The fraction of sp³-hybridized carbons (Fsp3) is 1.00.